The van der Waals surface area contributed by atoms with Crippen LogP contribution in [0.1, 0.15) is 27.4 Å². The van der Waals surface area contributed by atoms with Crippen LogP contribution in [-0.2, 0) is 6.54 Å². The minimum Gasteiger partial charge on any atom is -0.398 e. The predicted molar refractivity (Wildman–Crippen MR) is 75.7 cm³/mol. The van der Waals surface area contributed by atoms with E-state index >= 15 is 0 Å². The number of halogens is 1. The van der Waals surface area contributed by atoms with Gasteiger partial charge in [0, 0.05) is 21.8 Å². The van der Waals surface area contributed by atoms with Gasteiger partial charge in [-0.2, -0.15) is 0 Å². The first kappa shape index (κ1) is 13.6. The molecule has 0 saturated heterocycles. The Labute approximate surface area is 119 Å². The number of aryl methyl sites for hydroxylation is 1. The number of rotatable bonds is 3. The highest BCUT2D eigenvalue weighted by atomic mass is 79.9. The summed E-state index contributed by atoms with van der Waals surface area (Å²) in [5.41, 5.74) is 8.50. The van der Waals surface area contributed by atoms with Gasteiger partial charge in [-0.25, -0.2) is 0 Å². The fourth-order valence-corrected chi connectivity index (χ4v) is 2.17. The highest BCUT2D eigenvalue weighted by molar-refractivity contribution is 9.10. The van der Waals surface area contributed by atoms with Crippen LogP contribution in [0.15, 0.2) is 27.2 Å². The molecule has 1 heterocycles. The fourth-order valence-electron chi connectivity index (χ4n) is 1.70. The van der Waals surface area contributed by atoms with Crippen LogP contribution in [0.5, 0.6) is 0 Å². The summed E-state index contributed by atoms with van der Waals surface area (Å²) in [5.74, 6) is 0.422. The van der Waals surface area contributed by atoms with Crippen molar-refractivity contribution in [3.8, 4) is 0 Å². The van der Waals surface area contributed by atoms with Crippen LogP contribution in [0.2, 0.25) is 0 Å². The van der Waals surface area contributed by atoms with Crippen molar-refractivity contribution >= 4 is 27.5 Å². The second-order valence-electron chi connectivity index (χ2n) is 4.28. The molecule has 0 atom stereocenters. The molecule has 0 unspecified atom stereocenters. The zero-order valence-electron chi connectivity index (χ0n) is 10.7. The van der Waals surface area contributed by atoms with E-state index in [9.17, 15) is 4.79 Å². The summed E-state index contributed by atoms with van der Waals surface area (Å²) < 4.78 is 5.80. The maximum absolute atomic E-state index is 12.1. The zero-order chi connectivity index (χ0) is 14.0. The van der Waals surface area contributed by atoms with Crippen LogP contribution < -0.4 is 11.1 Å². The highest BCUT2D eigenvalue weighted by Gasteiger charge is 2.12. The first-order chi connectivity index (χ1) is 8.97. The second kappa shape index (κ2) is 5.44. The third-order valence-electron chi connectivity index (χ3n) is 2.76. The summed E-state index contributed by atoms with van der Waals surface area (Å²) in [4.78, 5) is 12.1. The SMILES string of the molecule is Cc1cc(CNC(=O)c2cc(Br)cc(N)c2C)on1. The summed E-state index contributed by atoms with van der Waals surface area (Å²) in [6, 6.07) is 5.29. The van der Waals surface area contributed by atoms with E-state index in [0.29, 0.717) is 23.6 Å². The molecule has 0 fully saturated rings. The van der Waals surface area contributed by atoms with Crippen LogP contribution in [0.25, 0.3) is 0 Å². The Morgan fingerprint density at radius 3 is 2.79 bits per heavy atom. The average molecular weight is 324 g/mol. The molecule has 0 spiro atoms. The van der Waals surface area contributed by atoms with E-state index in [1.807, 2.05) is 13.8 Å². The summed E-state index contributed by atoms with van der Waals surface area (Å²) in [7, 11) is 0. The molecule has 100 valence electrons. The number of hydrogen-bond acceptors (Lipinski definition) is 4. The number of nitrogens with one attached hydrogen (secondary N) is 1. The number of hydrogen-bond donors (Lipinski definition) is 2. The molecule has 0 aliphatic carbocycles. The molecule has 1 aromatic carbocycles. The maximum atomic E-state index is 12.1. The number of anilines is 1. The van der Waals surface area contributed by atoms with Crippen molar-refractivity contribution in [2.75, 3.05) is 5.73 Å². The van der Waals surface area contributed by atoms with Crippen LogP contribution >= 0.6 is 15.9 Å². The lowest BCUT2D eigenvalue weighted by Crippen LogP contribution is -2.23. The van der Waals surface area contributed by atoms with Gasteiger partial charge in [-0.05, 0) is 31.5 Å². The predicted octanol–water partition coefficient (Wildman–Crippen LogP) is 2.57. The van der Waals surface area contributed by atoms with Crippen molar-refractivity contribution in [1.82, 2.24) is 10.5 Å². The number of nitrogens with zero attached hydrogens (tertiary/aromatic N) is 1. The molecule has 2 aromatic rings. The number of nitrogen functional groups attached to an aromatic ring is 1. The standard InChI is InChI=1S/C13H14BrN3O2/c1-7-3-10(19-17-7)6-16-13(18)11-4-9(14)5-12(15)8(11)2/h3-5H,6,15H2,1-2H3,(H,16,18). The van der Waals surface area contributed by atoms with Crippen LogP contribution in [-0.4, -0.2) is 11.1 Å². The van der Waals surface area contributed by atoms with Gasteiger partial charge < -0.3 is 15.6 Å². The lowest BCUT2D eigenvalue weighted by atomic mass is 10.1. The summed E-state index contributed by atoms with van der Waals surface area (Å²) >= 11 is 3.33. The lowest BCUT2D eigenvalue weighted by molar-refractivity contribution is 0.0946. The van der Waals surface area contributed by atoms with E-state index < -0.39 is 0 Å². The van der Waals surface area contributed by atoms with Gasteiger partial charge in [0.15, 0.2) is 5.76 Å². The Morgan fingerprint density at radius 2 is 2.16 bits per heavy atom. The molecular weight excluding hydrogens is 310 g/mol. The zero-order valence-corrected chi connectivity index (χ0v) is 12.2. The number of nitrogens with two attached hydrogens (primary N) is 1. The van der Waals surface area contributed by atoms with Crippen LogP contribution in [0.3, 0.4) is 0 Å². The van der Waals surface area contributed by atoms with Gasteiger partial charge in [-0.3, -0.25) is 4.79 Å². The Balaban J connectivity index is 2.12. The smallest absolute Gasteiger partial charge is 0.252 e. The summed E-state index contributed by atoms with van der Waals surface area (Å²) in [6.07, 6.45) is 0. The normalized spacial score (nSPS) is 10.5. The van der Waals surface area contributed by atoms with Gasteiger partial charge >= 0.3 is 0 Å². The molecule has 6 heteroatoms. The molecule has 0 aliphatic rings. The number of carbonyl (C=O) groups excluding carboxylic acids is 1. The number of benzene rings is 1. The molecule has 0 radical (unpaired) electrons. The Bertz CT molecular complexity index is 622. The topological polar surface area (TPSA) is 81.2 Å². The van der Waals surface area contributed by atoms with Crippen molar-refractivity contribution in [2.45, 2.75) is 20.4 Å². The van der Waals surface area contributed by atoms with E-state index in [-0.39, 0.29) is 5.91 Å². The molecule has 0 aliphatic heterocycles. The molecule has 5 nitrogen and oxygen atoms in total. The largest absolute Gasteiger partial charge is 0.398 e. The molecule has 1 aromatic heterocycles. The lowest BCUT2D eigenvalue weighted by Gasteiger charge is -2.09. The van der Waals surface area contributed by atoms with Gasteiger partial charge in [0.25, 0.3) is 5.91 Å². The van der Waals surface area contributed by atoms with E-state index in [0.717, 1.165) is 15.7 Å². The van der Waals surface area contributed by atoms with Crippen molar-refractivity contribution < 1.29 is 9.32 Å². The average Bonchev–Trinajstić information content (AvgIpc) is 2.76. The third-order valence-corrected chi connectivity index (χ3v) is 3.22. The highest BCUT2D eigenvalue weighted by Crippen LogP contribution is 2.22. The Hall–Kier alpha value is -1.82. The van der Waals surface area contributed by atoms with Crippen molar-refractivity contribution in [1.29, 1.82) is 0 Å². The molecular formula is C13H14BrN3O2. The fraction of sp³-hybridized carbons (Fsp3) is 0.231. The molecule has 2 rings (SSSR count). The van der Waals surface area contributed by atoms with Gasteiger partial charge in [-0.1, -0.05) is 21.1 Å². The van der Waals surface area contributed by atoms with E-state index in [4.69, 9.17) is 10.3 Å². The summed E-state index contributed by atoms with van der Waals surface area (Å²) in [5, 5.41) is 6.53. The number of aromatic nitrogens is 1. The van der Waals surface area contributed by atoms with Crippen molar-refractivity contribution in [3.05, 3.63) is 45.3 Å². The Morgan fingerprint density at radius 1 is 1.42 bits per heavy atom. The first-order valence-corrected chi connectivity index (χ1v) is 6.52. The van der Waals surface area contributed by atoms with Crippen LogP contribution in [0, 0.1) is 13.8 Å². The number of carbonyl (C=O) groups is 1. The van der Waals surface area contributed by atoms with E-state index in [1.54, 1.807) is 18.2 Å². The molecule has 19 heavy (non-hydrogen) atoms. The first-order valence-electron chi connectivity index (χ1n) is 5.73. The van der Waals surface area contributed by atoms with Gasteiger partial charge in [0.1, 0.15) is 0 Å². The third kappa shape index (κ3) is 3.14. The van der Waals surface area contributed by atoms with Crippen LogP contribution in [0.4, 0.5) is 5.69 Å². The minimum absolute atomic E-state index is 0.195. The second-order valence-corrected chi connectivity index (χ2v) is 5.20. The monoisotopic (exact) mass is 323 g/mol. The minimum atomic E-state index is -0.195. The van der Waals surface area contributed by atoms with E-state index in [1.165, 1.54) is 0 Å². The molecule has 0 saturated carbocycles. The van der Waals surface area contributed by atoms with Crippen molar-refractivity contribution in [2.24, 2.45) is 0 Å². The molecule has 1 amide bonds. The van der Waals surface area contributed by atoms with Gasteiger partial charge in [-0.15, -0.1) is 0 Å². The molecule has 3 N–H and O–H groups in total. The maximum Gasteiger partial charge on any atom is 0.252 e. The van der Waals surface area contributed by atoms with Gasteiger partial charge in [0.2, 0.25) is 0 Å². The van der Waals surface area contributed by atoms with Gasteiger partial charge in [0.05, 0.1) is 12.2 Å². The number of amides is 1. The Kier molecular flexibility index (Phi) is 3.90. The quantitative estimate of drug-likeness (QED) is 0.850. The molecule has 0 bridgehead atoms. The summed E-state index contributed by atoms with van der Waals surface area (Å²) in [6.45, 7) is 3.94. The van der Waals surface area contributed by atoms with Crippen molar-refractivity contribution in [3.63, 3.8) is 0 Å². The van der Waals surface area contributed by atoms with E-state index in [2.05, 4.69) is 26.4 Å².